The van der Waals surface area contributed by atoms with Gasteiger partial charge in [-0.1, -0.05) is 39.9 Å². The summed E-state index contributed by atoms with van der Waals surface area (Å²) in [7, 11) is -0.815. The highest BCUT2D eigenvalue weighted by Crippen LogP contribution is 2.07. The van der Waals surface area contributed by atoms with E-state index in [2.05, 4.69) is 51.1 Å². The predicted octanol–water partition coefficient (Wildman–Crippen LogP) is 2.18. The van der Waals surface area contributed by atoms with Crippen LogP contribution in [0.1, 0.15) is 27.7 Å². The second-order valence-corrected chi connectivity index (χ2v) is 6.16. The smallest absolute Gasteiger partial charge is 0.133 e. The van der Waals surface area contributed by atoms with E-state index in [9.17, 15) is 0 Å². The first-order chi connectivity index (χ1) is 5.00. The van der Waals surface area contributed by atoms with E-state index >= 15 is 0 Å². The molecular formula is C9H21NSi. The van der Waals surface area contributed by atoms with Crippen LogP contribution >= 0.6 is 0 Å². The standard InChI is InChI=1S/C9H21NSi/c1-7-11(6)10(8(2)3)9(4)5/h7-9,11H,1H2,2-6H3. The van der Waals surface area contributed by atoms with Crippen LogP contribution in [-0.4, -0.2) is 25.6 Å². The summed E-state index contributed by atoms with van der Waals surface area (Å²) >= 11 is 0. The third kappa shape index (κ3) is 3.21. The first kappa shape index (κ1) is 10.9. The van der Waals surface area contributed by atoms with Crippen LogP contribution in [0.15, 0.2) is 12.3 Å². The van der Waals surface area contributed by atoms with Gasteiger partial charge in [-0.05, 0) is 12.1 Å². The molecule has 11 heavy (non-hydrogen) atoms. The van der Waals surface area contributed by atoms with Crippen molar-refractivity contribution in [3.05, 3.63) is 12.3 Å². The lowest BCUT2D eigenvalue weighted by Crippen LogP contribution is -2.45. The first-order valence-corrected chi connectivity index (χ1v) is 6.74. The Bertz CT molecular complexity index is 113. The van der Waals surface area contributed by atoms with Gasteiger partial charge in [-0.25, -0.2) is 0 Å². The van der Waals surface area contributed by atoms with Crippen molar-refractivity contribution < 1.29 is 0 Å². The minimum absolute atomic E-state index is 0.662. The molecule has 0 heterocycles. The summed E-state index contributed by atoms with van der Waals surface area (Å²) < 4.78 is 2.58. The lowest BCUT2D eigenvalue weighted by Gasteiger charge is -2.34. The van der Waals surface area contributed by atoms with Crippen LogP contribution in [0.3, 0.4) is 0 Å². The molecule has 2 heteroatoms. The van der Waals surface area contributed by atoms with Crippen molar-refractivity contribution in [1.82, 2.24) is 4.57 Å². The molecule has 0 saturated heterocycles. The third-order valence-corrected chi connectivity index (χ3v) is 4.82. The largest absolute Gasteiger partial charge is 0.318 e. The van der Waals surface area contributed by atoms with Gasteiger partial charge in [-0.3, -0.25) is 0 Å². The van der Waals surface area contributed by atoms with Gasteiger partial charge in [0.2, 0.25) is 0 Å². The average Bonchev–Trinajstić information content (AvgIpc) is 1.85. The van der Waals surface area contributed by atoms with Crippen molar-refractivity contribution in [1.29, 1.82) is 0 Å². The van der Waals surface area contributed by atoms with Crippen molar-refractivity contribution in [3.8, 4) is 0 Å². The topological polar surface area (TPSA) is 3.24 Å². The second-order valence-electron chi connectivity index (χ2n) is 3.61. The van der Waals surface area contributed by atoms with E-state index < -0.39 is 8.96 Å². The Labute approximate surface area is 72.8 Å². The molecule has 0 rings (SSSR count). The fraction of sp³-hybridized carbons (Fsp3) is 0.778. The summed E-state index contributed by atoms with van der Waals surface area (Å²) in [6.45, 7) is 15.2. The molecule has 66 valence electrons. The molecule has 0 aromatic heterocycles. The molecule has 0 aliphatic carbocycles. The number of hydrogen-bond acceptors (Lipinski definition) is 1. The molecule has 0 aromatic carbocycles. The monoisotopic (exact) mass is 171 g/mol. The molecule has 1 nitrogen and oxygen atoms in total. The van der Waals surface area contributed by atoms with E-state index in [-0.39, 0.29) is 0 Å². The van der Waals surface area contributed by atoms with Gasteiger partial charge in [0, 0.05) is 0 Å². The maximum Gasteiger partial charge on any atom is 0.133 e. The second kappa shape index (κ2) is 4.73. The molecule has 0 bridgehead atoms. The van der Waals surface area contributed by atoms with Crippen molar-refractivity contribution in [3.63, 3.8) is 0 Å². The zero-order valence-electron chi connectivity index (χ0n) is 8.46. The molecule has 0 N–H and O–H groups in total. The lowest BCUT2D eigenvalue weighted by molar-refractivity contribution is 0.307. The van der Waals surface area contributed by atoms with Crippen LogP contribution in [0, 0.1) is 0 Å². The molecule has 0 aliphatic heterocycles. The first-order valence-electron chi connectivity index (χ1n) is 4.40. The third-order valence-electron chi connectivity index (χ3n) is 2.00. The average molecular weight is 171 g/mol. The highest BCUT2D eigenvalue weighted by Gasteiger charge is 2.17. The van der Waals surface area contributed by atoms with Crippen molar-refractivity contribution in [2.75, 3.05) is 0 Å². The fourth-order valence-corrected chi connectivity index (χ4v) is 3.78. The van der Waals surface area contributed by atoms with Gasteiger partial charge >= 0.3 is 0 Å². The quantitative estimate of drug-likeness (QED) is 0.586. The van der Waals surface area contributed by atoms with Crippen molar-refractivity contribution in [2.45, 2.75) is 46.3 Å². The fourth-order valence-electron chi connectivity index (χ4n) is 1.66. The summed E-state index contributed by atoms with van der Waals surface area (Å²) in [6, 6.07) is 1.32. The Morgan fingerprint density at radius 2 is 1.55 bits per heavy atom. The van der Waals surface area contributed by atoms with E-state index in [1.54, 1.807) is 0 Å². The van der Waals surface area contributed by atoms with Gasteiger partial charge in [0.25, 0.3) is 0 Å². The van der Waals surface area contributed by atoms with Gasteiger partial charge in [0.1, 0.15) is 8.96 Å². The van der Waals surface area contributed by atoms with Crippen LogP contribution < -0.4 is 0 Å². The number of rotatable bonds is 4. The minimum Gasteiger partial charge on any atom is -0.318 e. The summed E-state index contributed by atoms with van der Waals surface area (Å²) in [6.07, 6.45) is 0. The molecule has 0 radical (unpaired) electrons. The van der Waals surface area contributed by atoms with Gasteiger partial charge in [0.15, 0.2) is 0 Å². The molecule has 0 fully saturated rings. The maximum atomic E-state index is 3.87. The van der Waals surface area contributed by atoms with Gasteiger partial charge < -0.3 is 4.57 Å². The van der Waals surface area contributed by atoms with Crippen LogP contribution in [0.5, 0.6) is 0 Å². The Hall–Kier alpha value is -0.0831. The normalized spacial score (nSPS) is 14.5. The summed E-state index contributed by atoms with van der Waals surface area (Å²) in [5, 5.41) is 0. The molecule has 0 spiro atoms. The molecule has 1 atom stereocenters. The van der Waals surface area contributed by atoms with Gasteiger partial charge in [0.05, 0.1) is 0 Å². The van der Waals surface area contributed by atoms with Crippen LogP contribution in [0.25, 0.3) is 0 Å². The highest BCUT2D eigenvalue weighted by molar-refractivity contribution is 6.59. The van der Waals surface area contributed by atoms with E-state index in [1.807, 2.05) is 0 Å². The number of nitrogens with zero attached hydrogens (tertiary/aromatic N) is 1. The van der Waals surface area contributed by atoms with Crippen molar-refractivity contribution >= 4 is 8.96 Å². The molecule has 0 aliphatic rings. The minimum atomic E-state index is -0.815. The lowest BCUT2D eigenvalue weighted by atomic mass is 10.3. The summed E-state index contributed by atoms with van der Waals surface area (Å²) in [4.78, 5) is 0. The summed E-state index contributed by atoms with van der Waals surface area (Å²) in [5.41, 5.74) is 2.14. The molecule has 0 aromatic rings. The van der Waals surface area contributed by atoms with E-state index in [4.69, 9.17) is 0 Å². The molecule has 0 amide bonds. The Morgan fingerprint density at radius 1 is 1.18 bits per heavy atom. The zero-order valence-corrected chi connectivity index (χ0v) is 9.62. The van der Waals surface area contributed by atoms with Crippen LogP contribution in [-0.2, 0) is 0 Å². The van der Waals surface area contributed by atoms with Gasteiger partial charge in [-0.15, -0.1) is 6.58 Å². The highest BCUT2D eigenvalue weighted by atomic mass is 28.3. The Balaban J connectivity index is 4.20. The van der Waals surface area contributed by atoms with Gasteiger partial charge in [-0.2, -0.15) is 0 Å². The van der Waals surface area contributed by atoms with E-state index in [0.717, 1.165) is 0 Å². The number of hydrogen-bond donors (Lipinski definition) is 0. The summed E-state index contributed by atoms with van der Waals surface area (Å²) in [5.74, 6) is 0. The SMILES string of the molecule is C=C[SiH](C)N(C(C)C)C(C)C. The Morgan fingerprint density at radius 3 is 1.64 bits per heavy atom. The van der Waals surface area contributed by atoms with Crippen LogP contribution in [0.4, 0.5) is 0 Å². The zero-order chi connectivity index (χ0) is 9.02. The Kier molecular flexibility index (Phi) is 4.69. The molecular weight excluding hydrogens is 150 g/mol. The van der Waals surface area contributed by atoms with E-state index in [0.29, 0.717) is 12.1 Å². The molecule has 0 saturated carbocycles. The predicted molar refractivity (Wildman–Crippen MR) is 55.3 cm³/mol. The maximum absolute atomic E-state index is 3.87. The molecule has 1 unspecified atom stereocenters. The van der Waals surface area contributed by atoms with Crippen molar-refractivity contribution in [2.24, 2.45) is 0 Å². The van der Waals surface area contributed by atoms with E-state index in [1.165, 1.54) is 0 Å². The van der Waals surface area contributed by atoms with Crippen LogP contribution in [0.2, 0.25) is 6.55 Å².